The lowest BCUT2D eigenvalue weighted by molar-refractivity contribution is 0.0942. The fourth-order valence-corrected chi connectivity index (χ4v) is 3.07. The van der Waals surface area contributed by atoms with Gasteiger partial charge >= 0.3 is 0 Å². The highest BCUT2D eigenvalue weighted by atomic mass is 35.5. The number of nitrogens with one attached hydrogen (secondary N) is 1. The van der Waals surface area contributed by atoms with Gasteiger partial charge in [-0.25, -0.2) is 0 Å². The predicted molar refractivity (Wildman–Crippen MR) is 84.3 cm³/mol. The summed E-state index contributed by atoms with van der Waals surface area (Å²) < 4.78 is 0. The molecule has 0 unspecified atom stereocenters. The van der Waals surface area contributed by atoms with Crippen molar-refractivity contribution in [1.82, 2.24) is 5.32 Å². The van der Waals surface area contributed by atoms with Crippen molar-refractivity contribution >= 4 is 34.8 Å². The summed E-state index contributed by atoms with van der Waals surface area (Å²) in [6.45, 7) is 3.00. The smallest absolute Gasteiger partial charge is 0.251 e. The van der Waals surface area contributed by atoms with E-state index in [4.69, 9.17) is 28.9 Å². The third kappa shape index (κ3) is 3.80. The number of halogens is 2. The molecule has 1 saturated carbocycles. The van der Waals surface area contributed by atoms with Crippen LogP contribution in [-0.2, 0) is 0 Å². The van der Waals surface area contributed by atoms with Gasteiger partial charge in [0.05, 0.1) is 15.7 Å². The molecule has 1 aliphatic carbocycles. The van der Waals surface area contributed by atoms with Crippen LogP contribution in [0.2, 0.25) is 10.0 Å². The number of anilines is 1. The zero-order chi connectivity index (χ0) is 14.7. The molecular weight excluding hydrogens is 295 g/mol. The van der Waals surface area contributed by atoms with Gasteiger partial charge in [-0.2, -0.15) is 0 Å². The first-order valence-corrected chi connectivity index (χ1v) is 7.75. The molecule has 0 aromatic heterocycles. The van der Waals surface area contributed by atoms with Gasteiger partial charge < -0.3 is 11.1 Å². The predicted octanol–water partition coefficient (Wildman–Crippen LogP) is 4.13. The third-order valence-electron chi connectivity index (χ3n) is 4.03. The van der Waals surface area contributed by atoms with E-state index in [0.29, 0.717) is 33.8 Å². The molecule has 1 amide bonds. The standard InChI is InChI=1S/C15H20Cl2N2O/c1-9-2-4-10(5-3-9)8-19-15(20)11-6-12(16)14(18)13(17)7-11/h6-7,9-10H,2-5,8,18H2,1H3,(H,19,20). The lowest BCUT2D eigenvalue weighted by Gasteiger charge is -2.26. The molecule has 0 radical (unpaired) electrons. The molecular formula is C15H20Cl2N2O. The maximum absolute atomic E-state index is 12.1. The second-order valence-corrected chi connectivity index (χ2v) is 6.50. The van der Waals surface area contributed by atoms with Crippen LogP contribution in [0.4, 0.5) is 5.69 Å². The van der Waals surface area contributed by atoms with E-state index in [1.165, 1.54) is 25.7 Å². The topological polar surface area (TPSA) is 55.1 Å². The van der Waals surface area contributed by atoms with E-state index in [1.54, 1.807) is 12.1 Å². The summed E-state index contributed by atoms with van der Waals surface area (Å²) in [5, 5.41) is 3.59. The molecule has 110 valence electrons. The van der Waals surface area contributed by atoms with Gasteiger partial charge in [-0.1, -0.05) is 43.0 Å². The Hall–Kier alpha value is -0.930. The van der Waals surface area contributed by atoms with E-state index in [2.05, 4.69) is 12.2 Å². The molecule has 1 aliphatic rings. The number of carbonyl (C=O) groups excluding carboxylic acids is 1. The Labute approximate surface area is 129 Å². The highest BCUT2D eigenvalue weighted by Gasteiger charge is 2.19. The van der Waals surface area contributed by atoms with Crippen molar-refractivity contribution in [3.05, 3.63) is 27.7 Å². The van der Waals surface area contributed by atoms with Crippen LogP contribution in [-0.4, -0.2) is 12.5 Å². The van der Waals surface area contributed by atoms with Gasteiger partial charge in [0.25, 0.3) is 5.91 Å². The Kier molecular flexibility index (Phi) is 5.17. The van der Waals surface area contributed by atoms with Crippen molar-refractivity contribution in [3.8, 4) is 0 Å². The van der Waals surface area contributed by atoms with Crippen molar-refractivity contribution in [2.75, 3.05) is 12.3 Å². The van der Waals surface area contributed by atoms with E-state index in [-0.39, 0.29) is 5.91 Å². The Morgan fingerprint density at radius 2 is 1.80 bits per heavy atom. The number of carbonyl (C=O) groups is 1. The van der Waals surface area contributed by atoms with Crippen molar-refractivity contribution in [2.45, 2.75) is 32.6 Å². The summed E-state index contributed by atoms with van der Waals surface area (Å²) in [7, 11) is 0. The third-order valence-corrected chi connectivity index (χ3v) is 4.65. The van der Waals surface area contributed by atoms with Crippen LogP contribution in [0.5, 0.6) is 0 Å². The van der Waals surface area contributed by atoms with E-state index in [0.717, 1.165) is 5.92 Å². The van der Waals surface area contributed by atoms with Gasteiger partial charge in [0.1, 0.15) is 0 Å². The van der Waals surface area contributed by atoms with Gasteiger partial charge in [0.15, 0.2) is 0 Å². The van der Waals surface area contributed by atoms with Crippen LogP contribution in [0.3, 0.4) is 0 Å². The lowest BCUT2D eigenvalue weighted by Crippen LogP contribution is -2.31. The van der Waals surface area contributed by atoms with Crippen LogP contribution in [0.15, 0.2) is 12.1 Å². The van der Waals surface area contributed by atoms with E-state index >= 15 is 0 Å². The molecule has 3 nitrogen and oxygen atoms in total. The summed E-state index contributed by atoms with van der Waals surface area (Å²) in [6, 6.07) is 3.11. The van der Waals surface area contributed by atoms with Crippen LogP contribution in [0, 0.1) is 11.8 Å². The van der Waals surface area contributed by atoms with Crippen molar-refractivity contribution in [2.24, 2.45) is 11.8 Å². The average Bonchev–Trinajstić information content (AvgIpc) is 2.43. The summed E-state index contributed by atoms with van der Waals surface area (Å²) in [6.07, 6.45) is 4.87. The molecule has 2 rings (SSSR count). The van der Waals surface area contributed by atoms with Crippen molar-refractivity contribution in [3.63, 3.8) is 0 Å². The maximum atomic E-state index is 12.1. The van der Waals surface area contributed by atoms with Crippen LogP contribution in [0.1, 0.15) is 43.0 Å². The van der Waals surface area contributed by atoms with Crippen LogP contribution < -0.4 is 11.1 Å². The minimum Gasteiger partial charge on any atom is -0.396 e. The van der Waals surface area contributed by atoms with Gasteiger partial charge in [-0.05, 0) is 36.8 Å². The first-order valence-electron chi connectivity index (χ1n) is 7.00. The zero-order valence-corrected chi connectivity index (χ0v) is 13.1. The molecule has 1 aromatic carbocycles. The van der Waals surface area contributed by atoms with E-state index in [9.17, 15) is 4.79 Å². The first-order chi connectivity index (χ1) is 9.47. The second-order valence-electron chi connectivity index (χ2n) is 5.69. The number of hydrogen-bond donors (Lipinski definition) is 2. The van der Waals surface area contributed by atoms with Crippen molar-refractivity contribution in [1.29, 1.82) is 0 Å². The van der Waals surface area contributed by atoms with E-state index in [1.807, 2.05) is 0 Å². The van der Waals surface area contributed by atoms with Crippen LogP contribution >= 0.6 is 23.2 Å². The maximum Gasteiger partial charge on any atom is 0.251 e. The molecule has 0 aliphatic heterocycles. The quantitative estimate of drug-likeness (QED) is 0.824. The number of nitrogens with two attached hydrogens (primary N) is 1. The molecule has 1 fully saturated rings. The molecule has 5 heteroatoms. The van der Waals surface area contributed by atoms with Gasteiger partial charge in [0.2, 0.25) is 0 Å². The summed E-state index contributed by atoms with van der Waals surface area (Å²) in [5.74, 6) is 1.25. The Balaban J connectivity index is 1.92. The molecule has 0 saturated heterocycles. The fourth-order valence-electron chi connectivity index (χ4n) is 2.59. The normalized spacial score (nSPS) is 22.6. The first kappa shape index (κ1) is 15.5. The zero-order valence-electron chi connectivity index (χ0n) is 11.6. The van der Waals surface area contributed by atoms with Gasteiger partial charge in [0, 0.05) is 12.1 Å². The SMILES string of the molecule is CC1CCC(CNC(=O)c2cc(Cl)c(N)c(Cl)c2)CC1. The molecule has 0 bridgehead atoms. The van der Waals surface area contributed by atoms with Gasteiger partial charge in [-0.15, -0.1) is 0 Å². The van der Waals surface area contributed by atoms with Crippen molar-refractivity contribution < 1.29 is 4.79 Å². The Morgan fingerprint density at radius 1 is 1.25 bits per heavy atom. The molecule has 20 heavy (non-hydrogen) atoms. The van der Waals surface area contributed by atoms with E-state index < -0.39 is 0 Å². The highest BCUT2D eigenvalue weighted by molar-refractivity contribution is 6.39. The van der Waals surface area contributed by atoms with Crippen LogP contribution in [0.25, 0.3) is 0 Å². The minimum absolute atomic E-state index is 0.146. The molecule has 0 spiro atoms. The van der Waals surface area contributed by atoms with Gasteiger partial charge in [-0.3, -0.25) is 4.79 Å². The Bertz CT molecular complexity index is 474. The monoisotopic (exact) mass is 314 g/mol. The number of amides is 1. The number of nitrogen functional groups attached to an aromatic ring is 1. The fraction of sp³-hybridized carbons (Fsp3) is 0.533. The Morgan fingerprint density at radius 3 is 2.35 bits per heavy atom. The number of rotatable bonds is 3. The average molecular weight is 315 g/mol. The minimum atomic E-state index is -0.146. The molecule has 1 aromatic rings. The largest absolute Gasteiger partial charge is 0.396 e. The molecule has 0 atom stereocenters. The second kappa shape index (κ2) is 6.68. The summed E-state index contributed by atoms with van der Waals surface area (Å²) in [5.41, 5.74) is 6.43. The molecule has 0 heterocycles. The number of benzene rings is 1. The molecule has 3 N–H and O–H groups in total. The summed E-state index contributed by atoms with van der Waals surface area (Å²) >= 11 is 11.9. The lowest BCUT2D eigenvalue weighted by atomic mass is 9.83. The summed E-state index contributed by atoms with van der Waals surface area (Å²) in [4.78, 5) is 12.1. The number of hydrogen-bond acceptors (Lipinski definition) is 2. The highest BCUT2D eigenvalue weighted by Crippen LogP contribution is 2.29.